The van der Waals surface area contributed by atoms with Crippen molar-refractivity contribution >= 4 is 11.6 Å². The fourth-order valence-electron chi connectivity index (χ4n) is 4.19. The van der Waals surface area contributed by atoms with Gasteiger partial charge in [0.25, 0.3) is 0 Å². The van der Waals surface area contributed by atoms with Gasteiger partial charge in [0.15, 0.2) is 0 Å². The van der Waals surface area contributed by atoms with Gasteiger partial charge in [-0.05, 0) is 54.7 Å². The number of halogens is 1. The van der Waals surface area contributed by atoms with E-state index in [2.05, 4.69) is 52.1 Å². The zero-order chi connectivity index (χ0) is 15.0. The molecular weight excluding hydrogens is 266 g/mol. The third kappa shape index (κ3) is 4.23. The molecule has 1 aliphatic carbocycles. The van der Waals surface area contributed by atoms with Crippen molar-refractivity contribution in [1.82, 2.24) is 5.32 Å². The fraction of sp³-hybridized carbons (Fsp3) is 0.667. The Morgan fingerprint density at radius 2 is 1.75 bits per heavy atom. The van der Waals surface area contributed by atoms with Crippen molar-refractivity contribution in [1.29, 1.82) is 0 Å². The molecule has 1 nitrogen and oxygen atoms in total. The van der Waals surface area contributed by atoms with Gasteiger partial charge in [0.2, 0.25) is 0 Å². The number of benzene rings is 1. The highest BCUT2D eigenvalue weighted by molar-refractivity contribution is 6.30. The monoisotopic (exact) mass is 293 g/mol. The van der Waals surface area contributed by atoms with Crippen LogP contribution in [0.5, 0.6) is 0 Å². The Kier molecular flexibility index (Phi) is 4.51. The maximum atomic E-state index is 6.09. The zero-order valence-electron chi connectivity index (χ0n) is 13.5. The summed E-state index contributed by atoms with van der Waals surface area (Å²) in [6, 6.07) is 9.13. The van der Waals surface area contributed by atoms with E-state index in [0.29, 0.717) is 22.9 Å². The minimum absolute atomic E-state index is 0.350. The van der Waals surface area contributed by atoms with E-state index in [9.17, 15) is 0 Å². The smallest absolute Gasteiger partial charge is 0.0409 e. The zero-order valence-corrected chi connectivity index (χ0v) is 14.2. The van der Waals surface area contributed by atoms with E-state index in [1.807, 2.05) is 12.1 Å². The van der Waals surface area contributed by atoms with E-state index < -0.39 is 0 Å². The van der Waals surface area contributed by atoms with Gasteiger partial charge < -0.3 is 5.32 Å². The third-order valence-electron chi connectivity index (χ3n) is 4.39. The Labute approximate surface area is 129 Å². The van der Waals surface area contributed by atoms with Crippen LogP contribution in [0.3, 0.4) is 0 Å². The number of nitrogens with one attached hydrogen (secondary N) is 1. The van der Waals surface area contributed by atoms with Gasteiger partial charge in [-0.25, -0.2) is 0 Å². The molecule has 1 aliphatic rings. The highest BCUT2D eigenvalue weighted by atomic mass is 35.5. The van der Waals surface area contributed by atoms with Crippen LogP contribution in [0.1, 0.15) is 65.5 Å². The average molecular weight is 294 g/mol. The molecule has 0 amide bonds. The largest absolute Gasteiger partial charge is 0.307 e. The molecule has 0 aliphatic heterocycles. The highest BCUT2D eigenvalue weighted by Crippen LogP contribution is 2.46. The lowest BCUT2D eigenvalue weighted by atomic mass is 9.63. The molecule has 1 N–H and O–H groups in total. The van der Waals surface area contributed by atoms with Gasteiger partial charge in [-0.1, -0.05) is 51.4 Å². The van der Waals surface area contributed by atoms with E-state index >= 15 is 0 Å². The quantitative estimate of drug-likeness (QED) is 0.765. The van der Waals surface area contributed by atoms with E-state index in [1.54, 1.807) is 0 Å². The average Bonchev–Trinajstić information content (AvgIpc) is 2.24. The molecule has 0 bridgehead atoms. The second-order valence-electron chi connectivity index (χ2n) is 8.05. The van der Waals surface area contributed by atoms with Gasteiger partial charge in [0.1, 0.15) is 0 Å². The summed E-state index contributed by atoms with van der Waals surface area (Å²) in [4.78, 5) is 0. The molecule has 0 radical (unpaired) electrons. The summed E-state index contributed by atoms with van der Waals surface area (Å²) in [7, 11) is 0. The maximum absolute atomic E-state index is 6.09. The SMILES string of the molecule is C[C@@H](NC1CC(C)(C)CC(C)(C)C1)c1cccc(Cl)c1. The van der Waals surface area contributed by atoms with Crippen LogP contribution >= 0.6 is 11.6 Å². The van der Waals surface area contributed by atoms with E-state index in [-0.39, 0.29) is 0 Å². The molecule has 0 unspecified atom stereocenters. The van der Waals surface area contributed by atoms with Crippen LogP contribution < -0.4 is 5.32 Å². The second kappa shape index (κ2) is 5.69. The summed E-state index contributed by atoms with van der Waals surface area (Å²) in [6.45, 7) is 11.8. The first-order valence-corrected chi connectivity index (χ1v) is 8.06. The summed E-state index contributed by atoms with van der Waals surface area (Å²) in [5.41, 5.74) is 2.12. The van der Waals surface area contributed by atoms with Gasteiger partial charge in [-0.2, -0.15) is 0 Å². The topological polar surface area (TPSA) is 12.0 Å². The normalized spacial score (nSPS) is 23.5. The lowest BCUT2D eigenvalue weighted by Crippen LogP contribution is -2.44. The third-order valence-corrected chi connectivity index (χ3v) is 4.62. The Morgan fingerprint density at radius 1 is 1.15 bits per heavy atom. The van der Waals surface area contributed by atoms with E-state index in [4.69, 9.17) is 11.6 Å². The number of rotatable bonds is 3. The predicted octanol–water partition coefficient (Wildman–Crippen LogP) is 5.60. The molecule has 1 aromatic carbocycles. The molecule has 1 saturated carbocycles. The van der Waals surface area contributed by atoms with Crippen LogP contribution in [0.2, 0.25) is 5.02 Å². The van der Waals surface area contributed by atoms with Crippen LogP contribution in [0.4, 0.5) is 0 Å². The highest BCUT2D eigenvalue weighted by Gasteiger charge is 2.38. The van der Waals surface area contributed by atoms with Crippen LogP contribution in [-0.4, -0.2) is 6.04 Å². The first kappa shape index (κ1) is 15.9. The van der Waals surface area contributed by atoms with Crippen LogP contribution in [0.25, 0.3) is 0 Å². The molecule has 2 heteroatoms. The Bertz CT molecular complexity index is 448. The standard InChI is InChI=1S/C18H28ClN/c1-13(14-7-6-8-15(19)9-14)20-16-10-17(2,3)12-18(4,5)11-16/h6-9,13,16,20H,10-12H2,1-5H3/t13-/m1/s1. The molecular formula is C18H28ClN. The van der Waals surface area contributed by atoms with Crippen LogP contribution in [-0.2, 0) is 0 Å². The summed E-state index contributed by atoms with van der Waals surface area (Å²) in [6.07, 6.45) is 3.81. The first-order chi connectivity index (χ1) is 9.17. The molecule has 1 fully saturated rings. The van der Waals surface area contributed by atoms with Crippen molar-refractivity contribution in [3.05, 3.63) is 34.9 Å². The van der Waals surface area contributed by atoms with Gasteiger partial charge in [0.05, 0.1) is 0 Å². The minimum atomic E-state index is 0.350. The minimum Gasteiger partial charge on any atom is -0.307 e. The number of hydrogen-bond donors (Lipinski definition) is 1. The Morgan fingerprint density at radius 3 is 2.30 bits per heavy atom. The second-order valence-corrected chi connectivity index (χ2v) is 8.49. The summed E-state index contributed by atoms with van der Waals surface area (Å²) in [5.74, 6) is 0. The van der Waals surface area contributed by atoms with Gasteiger partial charge in [-0.3, -0.25) is 0 Å². The summed E-state index contributed by atoms with van der Waals surface area (Å²) >= 11 is 6.09. The molecule has 0 spiro atoms. The number of hydrogen-bond acceptors (Lipinski definition) is 1. The lowest BCUT2D eigenvalue weighted by Gasteiger charge is -2.46. The van der Waals surface area contributed by atoms with Gasteiger partial charge in [-0.15, -0.1) is 0 Å². The Balaban J connectivity index is 2.05. The molecule has 1 atom stereocenters. The van der Waals surface area contributed by atoms with Crippen molar-refractivity contribution in [2.24, 2.45) is 10.8 Å². The summed E-state index contributed by atoms with van der Waals surface area (Å²) in [5, 5.41) is 4.63. The predicted molar refractivity (Wildman–Crippen MR) is 88.2 cm³/mol. The molecule has 112 valence electrons. The van der Waals surface area contributed by atoms with Gasteiger partial charge in [0, 0.05) is 17.1 Å². The van der Waals surface area contributed by atoms with Crippen molar-refractivity contribution in [2.75, 3.05) is 0 Å². The van der Waals surface area contributed by atoms with Crippen molar-refractivity contribution in [3.63, 3.8) is 0 Å². The van der Waals surface area contributed by atoms with E-state index in [1.165, 1.54) is 24.8 Å². The van der Waals surface area contributed by atoms with Gasteiger partial charge >= 0.3 is 0 Å². The Hall–Kier alpha value is -0.530. The molecule has 20 heavy (non-hydrogen) atoms. The van der Waals surface area contributed by atoms with Crippen LogP contribution in [0, 0.1) is 10.8 Å². The molecule has 2 rings (SSSR count). The molecule has 0 heterocycles. The van der Waals surface area contributed by atoms with Crippen LogP contribution in [0.15, 0.2) is 24.3 Å². The molecule has 0 saturated heterocycles. The van der Waals surface area contributed by atoms with Crippen molar-refractivity contribution < 1.29 is 0 Å². The van der Waals surface area contributed by atoms with Crippen molar-refractivity contribution in [3.8, 4) is 0 Å². The van der Waals surface area contributed by atoms with E-state index in [0.717, 1.165) is 5.02 Å². The lowest BCUT2D eigenvalue weighted by molar-refractivity contribution is 0.0811. The maximum Gasteiger partial charge on any atom is 0.0409 e. The molecule has 1 aromatic rings. The molecule has 0 aromatic heterocycles. The first-order valence-electron chi connectivity index (χ1n) is 7.68. The van der Waals surface area contributed by atoms with Crippen molar-refractivity contribution in [2.45, 2.75) is 66.0 Å². The summed E-state index contributed by atoms with van der Waals surface area (Å²) < 4.78 is 0. The fourth-order valence-corrected chi connectivity index (χ4v) is 4.39.